The number of aromatic nitrogens is 4. The summed E-state index contributed by atoms with van der Waals surface area (Å²) in [5, 5.41) is 9.09. The van der Waals surface area contributed by atoms with Gasteiger partial charge in [-0.05, 0) is 30.3 Å². The highest BCUT2D eigenvalue weighted by Gasteiger charge is 2.13. The summed E-state index contributed by atoms with van der Waals surface area (Å²) in [5.41, 5.74) is 1.20. The summed E-state index contributed by atoms with van der Waals surface area (Å²) in [7, 11) is 0. The molecule has 0 bridgehead atoms. The topological polar surface area (TPSA) is 99.0 Å². The van der Waals surface area contributed by atoms with E-state index in [-0.39, 0.29) is 24.4 Å². The van der Waals surface area contributed by atoms with Crippen LogP contribution in [0.2, 0.25) is 0 Å². The molecule has 0 spiro atoms. The molecule has 0 saturated heterocycles. The lowest BCUT2D eigenvalue weighted by molar-refractivity contribution is 0.101. The highest BCUT2D eigenvalue weighted by atomic mass is 32.1. The molecule has 0 fully saturated rings. The fourth-order valence-electron chi connectivity index (χ4n) is 2.62. The Bertz CT molecular complexity index is 1190. The highest BCUT2D eigenvalue weighted by Crippen LogP contribution is 2.23. The maximum absolute atomic E-state index is 12.5. The SMILES string of the molecule is O=C(Nc1nc(-c2ccccn2)cs1)c1ccc(=O)n(CCOc2ccccc2)n1. The Hall–Kier alpha value is -3.85. The lowest BCUT2D eigenvalue weighted by Gasteiger charge is -2.08. The van der Waals surface area contributed by atoms with Crippen LogP contribution in [0.4, 0.5) is 5.13 Å². The van der Waals surface area contributed by atoms with Gasteiger partial charge < -0.3 is 4.74 Å². The van der Waals surface area contributed by atoms with Crippen molar-refractivity contribution in [3.8, 4) is 17.1 Å². The molecule has 0 unspecified atom stereocenters. The van der Waals surface area contributed by atoms with Crippen LogP contribution in [-0.4, -0.2) is 32.3 Å². The predicted octanol–water partition coefficient (Wildman–Crippen LogP) is 3.09. The number of carbonyl (C=O) groups is 1. The van der Waals surface area contributed by atoms with Crippen molar-refractivity contribution in [1.82, 2.24) is 19.7 Å². The number of nitrogens with zero attached hydrogens (tertiary/aromatic N) is 4. The van der Waals surface area contributed by atoms with E-state index in [1.807, 2.05) is 53.9 Å². The number of thiazole rings is 1. The lowest BCUT2D eigenvalue weighted by Crippen LogP contribution is -2.28. The number of pyridine rings is 1. The molecule has 0 radical (unpaired) electrons. The van der Waals surface area contributed by atoms with Crippen molar-refractivity contribution in [2.24, 2.45) is 0 Å². The number of hydrogen-bond acceptors (Lipinski definition) is 7. The summed E-state index contributed by atoms with van der Waals surface area (Å²) in [6.07, 6.45) is 1.68. The van der Waals surface area contributed by atoms with Crippen molar-refractivity contribution in [3.63, 3.8) is 0 Å². The molecule has 9 heteroatoms. The Kier molecular flexibility index (Phi) is 5.90. The maximum atomic E-state index is 12.5. The van der Waals surface area contributed by atoms with Crippen LogP contribution in [0.3, 0.4) is 0 Å². The summed E-state index contributed by atoms with van der Waals surface area (Å²) in [4.78, 5) is 33.2. The van der Waals surface area contributed by atoms with Crippen LogP contribution in [0.25, 0.3) is 11.4 Å². The van der Waals surface area contributed by atoms with Crippen molar-refractivity contribution >= 4 is 22.4 Å². The van der Waals surface area contributed by atoms with Crippen molar-refractivity contribution in [2.45, 2.75) is 6.54 Å². The van der Waals surface area contributed by atoms with E-state index in [2.05, 4.69) is 20.4 Å². The molecule has 4 aromatic rings. The number of carbonyl (C=O) groups excluding carboxylic acids is 1. The first-order chi connectivity index (χ1) is 14.7. The Balaban J connectivity index is 1.41. The van der Waals surface area contributed by atoms with Crippen molar-refractivity contribution in [3.05, 3.63) is 88.3 Å². The summed E-state index contributed by atoms with van der Waals surface area (Å²) in [6.45, 7) is 0.470. The van der Waals surface area contributed by atoms with Gasteiger partial charge in [-0.15, -0.1) is 11.3 Å². The van der Waals surface area contributed by atoms with E-state index in [4.69, 9.17) is 4.74 Å². The molecule has 3 heterocycles. The lowest BCUT2D eigenvalue weighted by atomic mass is 10.3. The zero-order chi connectivity index (χ0) is 20.8. The van der Waals surface area contributed by atoms with Gasteiger partial charge in [0.1, 0.15) is 23.7 Å². The molecule has 3 aromatic heterocycles. The number of anilines is 1. The number of para-hydroxylation sites is 1. The van der Waals surface area contributed by atoms with E-state index < -0.39 is 5.91 Å². The molecule has 4 rings (SSSR count). The Morgan fingerprint density at radius 1 is 1.03 bits per heavy atom. The van der Waals surface area contributed by atoms with Gasteiger partial charge in [0.05, 0.1) is 12.2 Å². The minimum atomic E-state index is -0.449. The molecule has 8 nitrogen and oxygen atoms in total. The first kappa shape index (κ1) is 19.5. The van der Waals surface area contributed by atoms with Gasteiger partial charge in [0.2, 0.25) is 0 Å². The number of amides is 1. The molecule has 0 saturated carbocycles. The monoisotopic (exact) mass is 419 g/mol. The third kappa shape index (κ3) is 4.76. The number of hydrogen-bond donors (Lipinski definition) is 1. The Morgan fingerprint density at radius 3 is 2.67 bits per heavy atom. The second kappa shape index (κ2) is 9.10. The third-order valence-corrected chi connectivity index (χ3v) is 4.82. The molecule has 1 amide bonds. The standard InChI is InChI=1S/C21H17N5O3S/c27-19-10-9-17(25-26(19)12-13-29-15-6-2-1-3-7-15)20(28)24-21-23-18(14-30-21)16-8-4-5-11-22-16/h1-11,14H,12-13H2,(H,23,24,28). The Labute approximate surface area is 175 Å². The van der Waals surface area contributed by atoms with E-state index >= 15 is 0 Å². The molecule has 1 N–H and O–H groups in total. The van der Waals surface area contributed by atoms with Gasteiger partial charge in [0.25, 0.3) is 11.5 Å². The minimum Gasteiger partial charge on any atom is -0.492 e. The fourth-order valence-corrected chi connectivity index (χ4v) is 3.32. The molecule has 1 aromatic carbocycles. The van der Waals surface area contributed by atoms with E-state index in [0.717, 1.165) is 5.69 Å². The van der Waals surface area contributed by atoms with Crippen LogP contribution in [0.1, 0.15) is 10.5 Å². The molecule has 150 valence electrons. The zero-order valence-electron chi connectivity index (χ0n) is 15.8. The summed E-state index contributed by atoms with van der Waals surface area (Å²) < 4.78 is 6.80. The van der Waals surface area contributed by atoms with E-state index in [1.54, 1.807) is 6.20 Å². The minimum absolute atomic E-state index is 0.115. The predicted molar refractivity (Wildman–Crippen MR) is 114 cm³/mol. The van der Waals surface area contributed by atoms with Gasteiger partial charge in [0, 0.05) is 17.6 Å². The highest BCUT2D eigenvalue weighted by molar-refractivity contribution is 7.14. The van der Waals surface area contributed by atoms with Crippen molar-refractivity contribution in [2.75, 3.05) is 11.9 Å². The largest absolute Gasteiger partial charge is 0.492 e. The van der Waals surface area contributed by atoms with Gasteiger partial charge in [-0.3, -0.25) is 19.9 Å². The third-order valence-electron chi connectivity index (χ3n) is 4.07. The van der Waals surface area contributed by atoms with E-state index in [0.29, 0.717) is 16.6 Å². The summed E-state index contributed by atoms with van der Waals surface area (Å²) in [5.74, 6) is 0.251. The van der Waals surface area contributed by atoms with Gasteiger partial charge in [-0.2, -0.15) is 5.10 Å². The average molecular weight is 419 g/mol. The van der Waals surface area contributed by atoms with Crippen LogP contribution in [-0.2, 0) is 6.54 Å². The van der Waals surface area contributed by atoms with E-state index in [9.17, 15) is 9.59 Å². The first-order valence-electron chi connectivity index (χ1n) is 9.13. The number of rotatable bonds is 7. The quantitative estimate of drug-likeness (QED) is 0.494. The summed E-state index contributed by atoms with van der Waals surface area (Å²) in [6, 6.07) is 17.5. The van der Waals surface area contributed by atoms with Gasteiger partial charge in [-0.1, -0.05) is 24.3 Å². The second-order valence-corrected chi connectivity index (χ2v) is 7.01. The van der Waals surface area contributed by atoms with Gasteiger partial charge in [-0.25, -0.2) is 9.67 Å². The average Bonchev–Trinajstić information content (AvgIpc) is 3.25. The van der Waals surface area contributed by atoms with Crippen LogP contribution >= 0.6 is 11.3 Å². The molecule has 30 heavy (non-hydrogen) atoms. The number of nitrogens with one attached hydrogen (secondary N) is 1. The smallest absolute Gasteiger partial charge is 0.277 e. The van der Waals surface area contributed by atoms with E-state index in [1.165, 1.54) is 28.2 Å². The van der Waals surface area contributed by atoms with Crippen LogP contribution in [0.5, 0.6) is 5.75 Å². The van der Waals surface area contributed by atoms with Crippen LogP contribution in [0, 0.1) is 0 Å². The van der Waals surface area contributed by atoms with Crippen molar-refractivity contribution < 1.29 is 9.53 Å². The molecular formula is C21H17N5O3S. The van der Waals surface area contributed by atoms with Crippen LogP contribution in [0.15, 0.2) is 77.0 Å². The van der Waals surface area contributed by atoms with Gasteiger partial charge >= 0.3 is 0 Å². The van der Waals surface area contributed by atoms with Crippen molar-refractivity contribution in [1.29, 1.82) is 0 Å². The molecule has 0 aliphatic carbocycles. The molecule has 0 aliphatic rings. The molecule has 0 atom stereocenters. The van der Waals surface area contributed by atoms with Crippen LogP contribution < -0.4 is 15.6 Å². The molecular weight excluding hydrogens is 402 g/mol. The maximum Gasteiger partial charge on any atom is 0.277 e. The first-order valence-corrected chi connectivity index (χ1v) is 10.0. The normalized spacial score (nSPS) is 10.5. The Morgan fingerprint density at radius 2 is 1.87 bits per heavy atom. The number of benzene rings is 1. The molecule has 0 aliphatic heterocycles. The van der Waals surface area contributed by atoms with Gasteiger partial charge in [0.15, 0.2) is 5.13 Å². The second-order valence-electron chi connectivity index (χ2n) is 6.15. The zero-order valence-corrected chi connectivity index (χ0v) is 16.6. The fraction of sp³-hybridized carbons (Fsp3) is 0.0952. The number of ether oxygens (including phenoxy) is 1. The summed E-state index contributed by atoms with van der Waals surface area (Å²) >= 11 is 1.29.